The van der Waals surface area contributed by atoms with Crippen molar-refractivity contribution in [3.8, 4) is 11.1 Å². The Morgan fingerprint density at radius 3 is 2.58 bits per heavy atom. The molecule has 2 amide bonds. The normalized spacial score (nSPS) is 18.7. The summed E-state index contributed by atoms with van der Waals surface area (Å²) < 4.78 is 1.90. The number of rotatable bonds is 7. The third-order valence-electron chi connectivity index (χ3n) is 6.93. The zero-order chi connectivity index (χ0) is 22.6. The molecule has 33 heavy (non-hydrogen) atoms. The number of likely N-dealkylation sites (tertiary alicyclic amines) is 1. The molecule has 2 aromatic carbocycles. The Morgan fingerprint density at radius 1 is 1.03 bits per heavy atom. The predicted octanol–water partition coefficient (Wildman–Crippen LogP) is 4.01. The molecule has 1 saturated carbocycles. The number of amides is 2. The molecule has 2 fully saturated rings. The van der Waals surface area contributed by atoms with Gasteiger partial charge in [0.2, 0.25) is 11.8 Å². The van der Waals surface area contributed by atoms with E-state index in [9.17, 15) is 9.59 Å². The number of nitrogens with zero attached hydrogens (tertiary/aromatic N) is 3. The Kier molecular flexibility index (Phi) is 6.24. The van der Waals surface area contributed by atoms with Gasteiger partial charge < -0.3 is 10.2 Å². The predicted molar refractivity (Wildman–Crippen MR) is 127 cm³/mol. The summed E-state index contributed by atoms with van der Waals surface area (Å²) in [7, 11) is 0. The van der Waals surface area contributed by atoms with Gasteiger partial charge in [0.05, 0.1) is 12.5 Å². The van der Waals surface area contributed by atoms with Crippen molar-refractivity contribution in [2.75, 3.05) is 6.54 Å². The first-order chi connectivity index (χ1) is 16.2. The maximum atomic E-state index is 12.9. The SMILES string of the molecule is O=C(NCc1ccccc1-c1ccc(Cn2cccn2)cc1)C1CC(=O)N(C2CCCC2)C1. The molecule has 2 heterocycles. The van der Waals surface area contributed by atoms with E-state index in [2.05, 4.69) is 46.8 Å². The summed E-state index contributed by atoms with van der Waals surface area (Å²) in [5.41, 5.74) is 4.49. The molecule has 170 valence electrons. The molecule has 1 aliphatic carbocycles. The molecule has 1 saturated heterocycles. The van der Waals surface area contributed by atoms with E-state index in [4.69, 9.17) is 0 Å². The van der Waals surface area contributed by atoms with E-state index in [1.165, 1.54) is 18.4 Å². The Balaban J connectivity index is 1.22. The van der Waals surface area contributed by atoms with E-state index in [1.807, 2.05) is 34.0 Å². The van der Waals surface area contributed by atoms with Crippen LogP contribution in [-0.4, -0.2) is 39.1 Å². The second kappa shape index (κ2) is 9.61. The van der Waals surface area contributed by atoms with Gasteiger partial charge in [0, 0.05) is 37.9 Å². The summed E-state index contributed by atoms with van der Waals surface area (Å²) in [5, 5.41) is 7.36. The van der Waals surface area contributed by atoms with Crippen LogP contribution in [0.2, 0.25) is 0 Å². The Bertz CT molecular complexity index is 1100. The van der Waals surface area contributed by atoms with Crippen LogP contribution < -0.4 is 5.32 Å². The zero-order valence-electron chi connectivity index (χ0n) is 18.8. The van der Waals surface area contributed by atoms with Crippen LogP contribution in [0.5, 0.6) is 0 Å². The van der Waals surface area contributed by atoms with Crippen LogP contribution in [0.3, 0.4) is 0 Å². The van der Waals surface area contributed by atoms with Gasteiger partial charge in [0.15, 0.2) is 0 Å². The Hall–Kier alpha value is -3.41. The lowest BCUT2D eigenvalue weighted by Crippen LogP contribution is -2.36. The Morgan fingerprint density at radius 2 is 1.82 bits per heavy atom. The van der Waals surface area contributed by atoms with Crippen LogP contribution in [0.1, 0.15) is 43.2 Å². The molecule has 1 atom stereocenters. The van der Waals surface area contributed by atoms with Crippen LogP contribution in [0.25, 0.3) is 11.1 Å². The van der Waals surface area contributed by atoms with Gasteiger partial charge >= 0.3 is 0 Å². The van der Waals surface area contributed by atoms with Crippen LogP contribution in [-0.2, 0) is 22.7 Å². The lowest BCUT2D eigenvalue weighted by molar-refractivity contribution is -0.130. The lowest BCUT2D eigenvalue weighted by atomic mass is 9.98. The van der Waals surface area contributed by atoms with Crippen molar-refractivity contribution in [3.05, 3.63) is 78.1 Å². The Labute approximate surface area is 194 Å². The summed E-state index contributed by atoms with van der Waals surface area (Å²) in [4.78, 5) is 27.3. The first-order valence-electron chi connectivity index (χ1n) is 11.9. The number of hydrogen-bond donors (Lipinski definition) is 1. The van der Waals surface area contributed by atoms with E-state index in [0.29, 0.717) is 25.6 Å². The van der Waals surface area contributed by atoms with Crippen molar-refractivity contribution in [1.82, 2.24) is 20.0 Å². The average Bonchev–Trinajstić information content (AvgIpc) is 3.61. The van der Waals surface area contributed by atoms with Crippen molar-refractivity contribution in [1.29, 1.82) is 0 Å². The molecule has 0 radical (unpaired) electrons. The molecule has 0 spiro atoms. The van der Waals surface area contributed by atoms with E-state index < -0.39 is 0 Å². The van der Waals surface area contributed by atoms with Crippen molar-refractivity contribution >= 4 is 11.8 Å². The molecule has 1 N–H and O–H groups in total. The van der Waals surface area contributed by atoms with Crippen LogP contribution in [0.4, 0.5) is 0 Å². The van der Waals surface area contributed by atoms with E-state index in [0.717, 1.165) is 36.1 Å². The first kappa shape index (κ1) is 21.4. The number of benzene rings is 2. The molecule has 2 aliphatic rings. The second-order valence-corrected chi connectivity index (χ2v) is 9.16. The van der Waals surface area contributed by atoms with Gasteiger partial charge in [-0.15, -0.1) is 0 Å². The van der Waals surface area contributed by atoms with E-state index >= 15 is 0 Å². The lowest BCUT2D eigenvalue weighted by Gasteiger charge is -2.23. The van der Waals surface area contributed by atoms with Gasteiger partial charge in [0.1, 0.15) is 0 Å². The van der Waals surface area contributed by atoms with Gasteiger partial charge in [-0.3, -0.25) is 14.3 Å². The molecule has 1 aliphatic heterocycles. The fourth-order valence-corrected chi connectivity index (χ4v) is 5.13. The fourth-order valence-electron chi connectivity index (χ4n) is 5.13. The summed E-state index contributed by atoms with van der Waals surface area (Å²) in [6, 6.07) is 18.9. The maximum absolute atomic E-state index is 12.9. The highest BCUT2D eigenvalue weighted by Gasteiger charge is 2.38. The van der Waals surface area contributed by atoms with Crippen LogP contribution in [0, 0.1) is 5.92 Å². The monoisotopic (exact) mass is 442 g/mol. The fraction of sp³-hybridized carbons (Fsp3) is 0.370. The molecule has 3 aromatic rings. The van der Waals surface area contributed by atoms with Crippen molar-refractivity contribution in [2.24, 2.45) is 5.92 Å². The molecule has 6 nitrogen and oxygen atoms in total. The smallest absolute Gasteiger partial charge is 0.225 e. The van der Waals surface area contributed by atoms with Gasteiger partial charge in [-0.1, -0.05) is 61.4 Å². The quantitative estimate of drug-likeness (QED) is 0.601. The van der Waals surface area contributed by atoms with E-state index in [-0.39, 0.29) is 17.7 Å². The number of hydrogen-bond acceptors (Lipinski definition) is 3. The molecule has 0 bridgehead atoms. The number of aromatic nitrogens is 2. The van der Waals surface area contributed by atoms with Gasteiger partial charge in [-0.25, -0.2) is 0 Å². The van der Waals surface area contributed by atoms with Gasteiger partial charge in [-0.05, 0) is 41.2 Å². The highest BCUT2D eigenvalue weighted by molar-refractivity contribution is 5.89. The standard InChI is InChI=1S/C27H30N4O2/c32-26-16-23(19-31(26)24-7-2-3-8-24)27(33)28-17-22-6-1-4-9-25(22)21-12-10-20(11-13-21)18-30-15-5-14-29-30/h1,4-6,9-15,23-24H,2-3,7-8,16-19H2,(H,28,33). The first-order valence-corrected chi connectivity index (χ1v) is 11.9. The molecule has 1 unspecified atom stereocenters. The number of nitrogens with one attached hydrogen (secondary N) is 1. The third kappa shape index (κ3) is 4.85. The topological polar surface area (TPSA) is 67.2 Å². The number of carbonyl (C=O) groups excluding carboxylic acids is 2. The summed E-state index contributed by atoms with van der Waals surface area (Å²) in [5.74, 6) is -0.127. The summed E-state index contributed by atoms with van der Waals surface area (Å²) in [6.07, 6.45) is 8.60. The largest absolute Gasteiger partial charge is 0.352 e. The van der Waals surface area contributed by atoms with Gasteiger partial charge in [-0.2, -0.15) is 5.10 Å². The number of carbonyl (C=O) groups is 2. The molecular weight excluding hydrogens is 412 g/mol. The van der Waals surface area contributed by atoms with Gasteiger partial charge in [0.25, 0.3) is 0 Å². The molecular formula is C27H30N4O2. The van der Waals surface area contributed by atoms with Crippen molar-refractivity contribution < 1.29 is 9.59 Å². The summed E-state index contributed by atoms with van der Waals surface area (Å²) in [6.45, 7) is 1.76. The minimum Gasteiger partial charge on any atom is -0.352 e. The van der Waals surface area contributed by atoms with Crippen molar-refractivity contribution in [2.45, 2.75) is 51.2 Å². The maximum Gasteiger partial charge on any atom is 0.225 e. The minimum atomic E-state index is -0.244. The average molecular weight is 443 g/mol. The molecule has 5 rings (SSSR count). The molecule has 6 heteroatoms. The molecule has 1 aromatic heterocycles. The van der Waals surface area contributed by atoms with Crippen molar-refractivity contribution in [3.63, 3.8) is 0 Å². The van der Waals surface area contributed by atoms with Crippen LogP contribution >= 0.6 is 0 Å². The highest BCUT2D eigenvalue weighted by atomic mass is 16.2. The highest BCUT2D eigenvalue weighted by Crippen LogP contribution is 2.30. The zero-order valence-corrected chi connectivity index (χ0v) is 18.8. The van der Waals surface area contributed by atoms with E-state index in [1.54, 1.807) is 6.20 Å². The van der Waals surface area contributed by atoms with Crippen LogP contribution in [0.15, 0.2) is 67.0 Å². The summed E-state index contributed by atoms with van der Waals surface area (Å²) >= 11 is 0. The second-order valence-electron chi connectivity index (χ2n) is 9.16. The third-order valence-corrected chi connectivity index (χ3v) is 6.93. The minimum absolute atomic E-state index is 0.0202.